The number of aliphatic carboxylic acids is 1. The molecule has 0 heterocycles. The number of nitrogens with one attached hydrogen (secondary N) is 1. The van der Waals surface area contributed by atoms with Gasteiger partial charge in [-0.1, -0.05) is 60.7 Å². The lowest BCUT2D eigenvalue weighted by Crippen LogP contribution is -2.42. The predicted octanol–water partition coefficient (Wildman–Crippen LogP) is 3.21. The molecule has 0 aromatic heterocycles. The van der Waals surface area contributed by atoms with Crippen LogP contribution in [0, 0.1) is 5.41 Å². The van der Waals surface area contributed by atoms with E-state index in [1.807, 2.05) is 36.4 Å². The van der Waals surface area contributed by atoms with Gasteiger partial charge in [0, 0.05) is 6.54 Å². The monoisotopic (exact) mass is 355 g/mol. The zero-order chi connectivity index (χ0) is 19.0. The summed E-state index contributed by atoms with van der Waals surface area (Å²) in [5.41, 5.74) is 0.950. The molecule has 5 nitrogen and oxygen atoms in total. The maximum Gasteiger partial charge on any atom is 0.312 e. The summed E-state index contributed by atoms with van der Waals surface area (Å²) in [5, 5.41) is 12.2. The first-order chi connectivity index (χ1) is 12.4. The minimum atomic E-state index is -0.963. The van der Waals surface area contributed by atoms with Gasteiger partial charge in [-0.2, -0.15) is 0 Å². The Kier molecular flexibility index (Phi) is 6.92. The third-order valence-corrected chi connectivity index (χ3v) is 4.16. The molecular weight excluding hydrogens is 330 g/mol. The molecule has 26 heavy (non-hydrogen) atoms. The van der Waals surface area contributed by atoms with Gasteiger partial charge in [0.25, 0.3) is 0 Å². The molecule has 0 aliphatic heterocycles. The van der Waals surface area contributed by atoms with Crippen molar-refractivity contribution in [3.05, 3.63) is 71.8 Å². The Hall–Kier alpha value is -2.66. The number of carbonyl (C=O) groups excluding carboxylic acids is 1. The second-order valence-corrected chi connectivity index (χ2v) is 6.87. The van der Waals surface area contributed by atoms with E-state index in [0.29, 0.717) is 12.2 Å². The SMILES string of the molecule is CC(C)(COCc1ccccc1)C(=O)NCC(C(=O)O)c1ccccc1. The fraction of sp³-hybridized carbons (Fsp3) is 0.333. The lowest BCUT2D eigenvalue weighted by atomic mass is 9.92. The van der Waals surface area contributed by atoms with Gasteiger partial charge in [0.1, 0.15) is 0 Å². The van der Waals surface area contributed by atoms with E-state index >= 15 is 0 Å². The van der Waals surface area contributed by atoms with Gasteiger partial charge in [0.2, 0.25) is 5.91 Å². The van der Waals surface area contributed by atoms with Gasteiger partial charge in [-0.3, -0.25) is 9.59 Å². The van der Waals surface area contributed by atoms with E-state index in [0.717, 1.165) is 5.56 Å². The summed E-state index contributed by atoms with van der Waals surface area (Å²) >= 11 is 0. The Morgan fingerprint density at radius 3 is 2.19 bits per heavy atom. The van der Waals surface area contributed by atoms with Crippen molar-refractivity contribution < 1.29 is 19.4 Å². The molecule has 0 fully saturated rings. The molecule has 2 N–H and O–H groups in total. The van der Waals surface area contributed by atoms with Crippen LogP contribution in [0.15, 0.2) is 60.7 Å². The third kappa shape index (κ3) is 5.70. The van der Waals surface area contributed by atoms with Crippen molar-refractivity contribution >= 4 is 11.9 Å². The van der Waals surface area contributed by atoms with Gasteiger partial charge in [0.15, 0.2) is 0 Å². The number of carboxylic acids is 1. The molecule has 0 bridgehead atoms. The van der Waals surface area contributed by atoms with Crippen LogP contribution in [0.3, 0.4) is 0 Å². The van der Waals surface area contributed by atoms with Gasteiger partial charge in [-0.15, -0.1) is 0 Å². The normalized spacial score (nSPS) is 12.4. The molecule has 1 unspecified atom stereocenters. The van der Waals surface area contributed by atoms with Gasteiger partial charge >= 0.3 is 5.97 Å². The number of hydrogen-bond acceptors (Lipinski definition) is 3. The Balaban J connectivity index is 1.87. The fourth-order valence-electron chi connectivity index (χ4n) is 2.53. The molecule has 1 amide bonds. The van der Waals surface area contributed by atoms with E-state index < -0.39 is 17.3 Å². The highest BCUT2D eigenvalue weighted by Crippen LogP contribution is 2.19. The third-order valence-electron chi connectivity index (χ3n) is 4.16. The first-order valence-electron chi connectivity index (χ1n) is 8.58. The average molecular weight is 355 g/mol. The van der Waals surface area contributed by atoms with Crippen LogP contribution >= 0.6 is 0 Å². The second kappa shape index (κ2) is 9.15. The van der Waals surface area contributed by atoms with Crippen molar-refractivity contribution in [2.75, 3.05) is 13.2 Å². The second-order valence-electron chi connectivity index (χ2n) is 6.87. The van der Waals surface area contributed by atoms with E-state index in [2.05, 4.69) is 5.32 Å². The Morgan fingerprint density at radius 1 is 1.04 bits per heavy atom. The van der Waals surface area contributed by atoms with E-state index in [1.165, 1.54) is 0 Å². The lowest BCUT2D eigenvalue weighted by Gasteiger charge is -2.24. The number of carbonyl (C=O) groups is 2. The van der Waals surface area contributed by atoms with Crippen molar-refractivity contribution in [1.29, 1.82) is 0 Å². The zero-order valence-electron chi connectivity index (χ0n) is 15.1. The molecule has 138 valence electrons. The van der Waals surface area contributed by atoms with Crippen LogP contribution in [-0.2, 0) is 20.9 Å². The minimum absolute atomic E-state index is 0.0420. The fourth-order valence-corrected chi connectivity index (χ4v) is 2.53. The highest BCUT2D eigenvalue weighted by Gasteiger charge is 2.29. The van der Waals surface area contributed by atoms with Crippen molar-refractivity contribution in [2.45, 2.75) is 26.4 Å². The molecule has 0 radical (unpaired) electrons. The molecule has 2 rings (SSSR count). The molecule has 2 aromatic rings. The van der Waals surface area contributed by atoms with E-state index in [9.17, 15) is 14.7 Å². The smallest absolute Gasteiger partial charge is 0.312 e. The van der Waals surface area contributed by atoms with Gasteiger partial charge in [0.05, 0.1) is 24.5 Å². The van der Waals surface area contributed by atoms with Crippen molar-refractivity contribution in [1.82, 2.24) is 5.32 Å². The van der Waals surface area contributed by atoms with E-state index in [1.54, 1.807) is 38.1 Å². The Bertz CT molecular complexity index is 713. The van der Waals surface area contributed by atoms with E-state index in [4.69, 9.17) is 4.74 Å². The van der Waals surface area contributed by atoms with Crippen LogP contribution in [0.1, 0.15) is 30.9 Å². The van der Waals surface area contributed by atoms with Gasteiger partial charge < -0.3 is 15.2 Å². The van der Waals surface area contributed by atoms with Crippen molar-refractivity contribution in [3.8, 4) is 0 Å². The molecule has 0 aliphatic carbocycles. The molecule has 0 saturated carbocycles. The summed E-state index contributed by atoms with van der Waals surface area (Å²) in [5.74, 6) is -1.97. The minimum Gasteiger partial charge on any atom is -0.481 e. The first-order valence-corrected chi connectivity index (χ1v) is 8.58. The van der Waals surface area contributed by atoms with Crippen LogP contribution in [0.2, 0.25) is 0 Å². The van der Waals surface area contributed by atoms with Crippen LogP contribution in [0.4, 0.5) is 0 Å². The molecule has 0 aliphatic rings. The summed E-state index contributed by atoms with van der Waals surface area (Å²) in [7, 11) is 0. The average Bonchev–Trinajstić information content (AvgIpc) is 2.63. The largest absolute Gasteiger partial charge is 0.481 e. The summed E-state index contributed by atoms with van der Waals surface area (Å²) in [6.45, 7) is 4.29. The van der Waals surface area contributed by atoms with Gasteiger partial charge in [-0.05, 0) is 25.0 Å². The number of ether oxygens (including phenoxy) is 1. The number of rotatable bonds is 9. The Morgan fingerprint density at radius 2 is 1.62 bits per heavy atom. The van der Waals surface area contributed by atoms with Crippen LogP contribution in [-0.4, -0.2) is 30.1 Å². The number of hydrogen-bond donors (Lipinski definition) is 2. The standard InChI is InChI=1S/C21H25NO4/c1-21(2,15-26-14-16-9-5-3-6-10-16)20(25)22-13-18(19(23)24)17-11-7-4-8-12-17/h3-12,18H,13-15H2,1-2H3,(H,22,25)(H,23,24). The summed E-state index contributed by atoms with van der Waals surface area (Å²) in [6, 6.07) is 18.6. The van der Waals surface area contributed by atoms with Crippen LogP contribution < -0.4 is 5.32 Å². The van der Waals surface area contributed by atoms with Crippen LogP contribution in [0.25, 0.3) is 0 Å². The van der Waals surface area contributed by atoms with Crippen molar-refractivity contribution in [2.24, 2.45) is 5.41 Å². The van der Waals surface area contributed by atoms with E-state index in [-0.39, 0.29) is 19.1 Å². The van der Waals surface area contributed by atoms with Crippen molar-refractivity contribution in [3.63, 3.8) is 0 Å². The molecule has 1 atom stereocenters. The topological polar surface area (TPSA) is 75.6 Å². The highest BCUT2D eigenvalue weighted by atomic mass is 16.5. The Labute approximate surface area is 154 Å². The predicted molar refractivity (Wildman–Crippen MR) is 99.7 cm³/mol. The zero-order valence-corrected chi connectivity index (χ0v) is 15.1. The summed E-state index contributed by atoms with van der Waals surface area (Å²) in [4.78, 5) is 24.0. The lowest BCUT2D eigenvalue weighted by molar-refractivity contribution is -0.139. The number of benzene rings is 2. The summed E-state index contributed by atoms with van der Waals surface area (Å²) in [6.07, 6.45) is 0. The quantitative estimate of drug-likeness (QED) is 0.724. The maximum absolute atomic E-state index is 12.5. The van der Waals surface area contributed by atoms with Gasteiger partial charge in [-0.25, -0.2) is 0 Å². The summed E-state index contributed by atoms with van der Waals surface area (Å²) < 4.78 is 5.67. The first kappa shape index (κ1) is 19.7. The highest BCUT2D eigenvalue weighted by molar-refractivity contribution is 5.83. The van der Waals surface area contributed by atoms with Crippen LogP contribution in [0.5, 0.6) is 0 Å². The molecule has 2 aromatic carbocycles. The number of carboxylic acid groups (broad SMARTS) is 1. The molecule has 0 saturated heterocycles. The molecule has 0 spiro atoms. The molecule has 5 heteroatoms. The number of amides is 1. The molecular formula is C21H25NO4. The maximum atomic E-state index is 12.5.